The van der Waals surface area contributed by atoms with E-state index in [2.05, 4.69) is 5.32 Å². The molecular formula is C11H15NO4. The third kappa shape index (κ3) is 3.52. The molecule has 0 fully saturated rings. The average molecular weight is 225 g/mol. The molecule has 1 rings (SSSR count). The van der Waals surface area contributed by atoms with E-state index in [9.17, 15) is 9.90 Å². The van der Waals surface area contributed by atoms with Crippen LogP contribution in [0.15, 0.2) is 24.3 Å². The number of para-hydroxylation sites is 2. The summed E-state index contributed by atoms with van der Waals surface area (Å²) in [5.41, 5.74) is 0.374. The number of carbonyl (C=O) groups excluding carboxylic acids is 1. The number of methoxy groups -OCH3 is 2. The number of ether oxygens (including phenoxy) is 2. The Balaban J connectivity index is 2.55. The van der Waals surface area contributed by atoms with Gasteiger partial charge in [-0.1, -0.05) is 12.1 Å². The second kappa shape index (κ2) is 6.09. The Morgan fingerprint density at radius 3 is 2.56 bits per heavy atom. The number of anilines is 1. The molecule has 5 heteroatoms. The maximum Gasteiger partial charge on any atom is 0.229 e. The molecule has 0 aromatic heterocycles. The van der Waals surface area contributed by atoms with Gasteiger partial charge in [-0.2, -0.15) is 0 Å². The first-order chi connectivity index (χ1) is 7.67. The fraction of sp³-hybridized carbons (Fsp3) is 0.364. The van der Waals surface area contributed by atoms with Crippen LogP contribution in [0.2, 0.25) is 0 Å². The molecule has 0 bridgehead atoms. The summed E-state index contributed by atoms with van der Waals surface area (Å²) in [5, 5.41) is 12.0. The van der Waals surface area contributed by atoms with Gasteiger partial charge in [-0.15, -0.1) is 0 Å². The summed E-state index contributed by atoms with van der Waals surface area (Å²) < 4.78 is 9.79. The van der Waals surface area contributed by atoms with Crippen molar-refractivity contribution in [3.05, 3.63) is 24.3 Å². The van der Waals surface area contributed by atoms with Gasteiger partial charge < -0.3 is 19.9 Å². The highest BCUT2D eigenvalue weighted by molar-refractivity contribution is 5.92. The number of hydrogen-bond donors (Lipinski definition) is 2. The highest BCUT2D eigenvalue weighted by atomic mass is 16.7. The van der Waals surface area contributed by atoms with E-state index >= 15 is 0 Å². The molecule has 0 unspecified atom stereocenters. The van der Waals surface area contributed by atoms with Crippen molar-refractivity contribution in [2.45, 2.75) is 12.7 Å². The maximum atomic E-state index is 11.5. The van der Waals surface area contributed by atoms with Crippen molar-refractivity contribution >= 4 is 11.6 Å². The van der Waals surface area contributed by atoms with Crippen molar-refractivity contribution < 1.29 is 19.4 Å². The molecule has 0 aliphatic rings. The van der Waals surface area contributed by atoms with Gasteiger partial charge in [-0.05, 0) is 12.1 Å². The lowest BCUT2D eigenvalue weighted by Crippen LogP contribution is -2.22. The van der Waals surface area contributed by atoms with Gasteiger partial charge in [-0.25, -0.2) is 0 Å². The first kappa shape index (κ1) is 12.5. The van der Waals surface area contributed by atoms with Crippen molar-refractivity contribution in [1.82, 2.24) is 0 Å². The molecule has 88 valence electrons. The highest BCUT2D eigenvalue weighted by Gasteiger charge is 2.13. The van der Waals surface area contributed by atoms with Crippen LogP contribution in [0.4, 0.5) is 5.69 Å². The molecule has 1 aromatic rings. The SMILES string of the molecule is COC(CC(=O)Nc1ccccc1O)OC. The fourth-order valence-electron chi connectivity index (χ4n) is 1.19. The van der Waals surface area contributed by atoms with Crippen molar-refractivity contribution in [3.8, 4) is 5.75 Å². The standard InChI is InChI=1S/C11H15NO4/c1-15-11(16-2)7-10(14)12-8-5-3-4-6-9(8)13/h3-6,11,13H,7H2,1-2H3,(H,12,14). The van der Waals surface area contributed by atoms with E-state index in [1.54, 1.807) is 18.2 Å². The van der Waals surface area contributed by atoms with Gasteiger partial charge in [-0.3, -0.25) is 4.79 Å². The normalized spacial score (nSPS) is 10.4. The van der Waals surface area contributed by atoms with E-state index in [0.717, 1.165) is 0 Å². The van der Waals surface area contributed by atoms with E-state index in [0.29, 0.717) is 5.69 Å². The van der Waals surface area contributed by atoms with Crippen LogP contribution in [0, 0.1) is 0 Å². The molecular weight excluding hydrogens is 210 g/mol. The van der Waals surface area contributed by atoms with Crippen LogP contribution in [0.3, 0.4) is 0 Å². The predicted octanol–water partition coefficient (Wildman–Crippen LogP) is 1.34. The third-order valence-electron chi connectivity index (χ3n) is 2.06. The van der Waals surface area contributed by atoms with Crippen LogP contribution in [-0.4, -0.2) is 31.5 Å². The first-order valence-corrected chi connectivity index (χ1v) is 4.80. The Kier molecular flexibility index (Phi) is 4.75. The Labute approximate surface area is 94.0 Å². The van der Waals surface area contributed by atoms with Gasteiger partial charge >= 0.3 is 0 Å². The molecule has 0 aliphatic heterocycles. The largest absolute Gasteiger partial charge is 0.506 e. The molecule has 2 N–H and O–H groups in total. The van der Waals surface area contributed by atoms with Crippen LogP contribution in [-0.2, 0) is 14.3 Å². The van der Waals surface area contributed by atoms with Crippen molar-refractivity contribution in [2.75, 3.05) is 19.5 Å². The summed E-state index contributed by atoms with van der Waals surface area (Å²) in [6.07, 6.45) is -0.507. The van der Waals surface area contributed by atoms with Gasteiger partial charge in [0, 0.05) is 14.2 Å². The Hall–Kier alpha value is -1.59. The minimum atomic E-state index is -0.578. The van der Waals surface area contributed by atoms with E-state index in [4.69, 9.17) is 9.47 Å². The zero-order chi connectivity index (χ0) is 12.0. The number of hydrogen-bond acceptors (Lipinski definition) is 4. The predicted molar refractivity (Wildman–Crippen MR) is 59.2 cm³/mol. The average Bonchev–Trinajstić information content (AvgIpc) is 2.29. The summed E-state index contributed by atoms with van der Waals surface area (Å²) in [7, 11) is 2.92. The van der Waals surface area contributed by atoms with Crippen molar-refractivity contribution in [3.63, 3.8) is 0 Å². The summed E-state index contributed by atoms with van der Waals surface area (Å²) in [6.45, 7) is 0. The maximum absolute atomic E-state index is 11.5. The Morgan fingerprint density at radius 1 is 1.38 bits per heavy atom. The number of rotatable bonds is 5. The Morgan fingerprint density at radius 2 is 2.00 bits per heavy atom. The number of nitrogens with one attached hydrogen (secondary N) is 1. The van der Waals surface area contributed by atoms with E-state index in [1.165, 1.54) is 20.3 Å². The zero-order valence-corrected chi connectivity index (χ0v) is 9.27. The molecule has 0 atom stereocenters. The lowest BCUT2D eigenvalue weighted by molar-refractivity contribution is -0.134. The van der Waals surface area contributed by atoms with Gasteiger partial charge in [0.1, 0.15) is 5.75 Å². The summed E-state index contributed by atoms with van der Waals surface area (Å²) >= 11 is 0. The van der Waals surface area contributed by atoms with Crippen LogP contribution in [0.25, 0.3) is 0 Å². The molecule has 0 radical (unpaired) electrons. The van der Waals surface area contributed by atoms with E-state index in [-0.39, 0.29) is 18.1 Å². The van der Waals surface area contributed by atoms with Gasteiger partial charge in [0.15, 0.2) is 6.29 Å². The minimum Gasteiger partial charge on any atom is -0.506 e. The van der Waals surface area contributed by atoms with Crippen molar-refractivity contribution in [2.24, 2.45) is 0 Å². The van der Waals surface area contributed by atoms with Crippen molar-refractivity contribution in [1.29, 1.82) is 0 Å². The van der Waals surface area contributed by atoms with Gasteiger partial charge in [0.2, 0.25) is 5.91 Å². The molecule has 16 heavy (non-hydrogen) atoms. The topological polar surface area (TPSA) is 67.8 Å². The summed E-state index contributed by atoms with van der Waals surface area (Å²) in [6, 6.07) is 6.51. The smallest absolute Gasteiger partial charge is 0.229 e. The number of amides is 1. The van der Waals surface area contributed by atoms with Crippen LogP contribution in [0.1, 0.15) is 6.42 Å². The molecule has 0 saturated heterocycles. The minimum absolute atomic E-state index is 0.0298. The van der Waals surface area contributed by atoms with Crippen LogP contribution >= 0.6 is 0 Å². The molecule has 0 saturated carbocycles. The monoisotopic (exact) mass is 225 g/mol. The van der Waals surface area contributed by atoms with E-state index < -0.39 is 6.29 Å². The quantitative estimate of drug-likeness (QED) is 0.586. The van der Waals surface area contributed by atoms with Gasteiger partial charge in [0.25, 0.3) is 0 Å². The first-order valence-electron chi connectivity index (χ1n) is 4.80. The van der Waals surface area contributed by atoms with Gasteiger partial charge in [0.05, 0.1) is 12.1 Å². The molecule has 1 amide bonds. The molecule has 5 nitrogen and oxygen atoms in total. The van der Waals surface area contributed by atoms with Crippen LogP contribution < -0.4 is 5.32 Å². The molecule has 0 heterocycles. The lowest BCUT2D eigenvalue weighted by Gasteiger charge is -2.13. The fourth-order valence-corrected chi connectivity index (χ4v) is 1.19. The number of aromatic hydroxyl groups is 1. The third-order valence-corrected chi connectivity index (χ3v) is 2.06. The van der Waals surface area contributed by atoms with E-state index in [1.807, 2.05) is 0 Å². The molecule has 0 aliphatic carbocycles. The molecule has 0 spiro atoms. The number of benzene rings is 1. The second-order valence-electron chi connectivity index (χ2n) is 3.17. The molecule has 1 aromatic carbocycles. The zero-order valence-electron chi connectivity index (χ0n) is 9.27. The Bertz CT molecular complexity index is 350. The summed E-state index contributed by atoms with van der Waals surface area (Å²) in [4.78, 5) is 11.5. The lowest BCUT2D eigenvalue weighted by atomic mass is 10.3. The summed E-state index contributed by atoms with van der Waals surface area (Å²) in [5.74, 6) is -0.252. The van der Waals surface area contributed by atoms with Crippen LogP contribution in [0.5, 0.6) is 5.75 Å². The second-order valence-corrected chi connectivity index (χ2v) is 3.17. The number of phenols is 1. The highest BCUT2D eigenvalue weighted by Crippen LogP contribution is 2.21. The number of carbonyl (C=O) groups is 1. The number of phenolic OH excluding ortho intramolecular Hbond substituents is 1.